The van der Waals surface area contributed by atoms with Crippen LogP contribution in [0.3, 0.4) is 0 Å². The molecule has 2 amide bonds. The standard InChI is InChI=1S/C19H26N2O6/c1-5-25-15(22)19(20-16(23)27-18(2,3)4)12-21(13-19)17(24)26-11-14-9-7-6-8-10-14/h6-10H,5,11-13H2,1-4H3,(H,20,23). The number of alkyl carbamates (subject to hydrolysis) is 1. The number of likely N-dealkylation sites (tertiary alicyclic amines) is 1. The molecule has 0 radical (unpaired) electrons. The van der Waals surface area contributed by atoms with Crippen molar-refractivity contribution in [3.05, 3.63) is 35.9 Å². The Morgan fingerprint density at radius 1 is 1.11 bits per heavy atom. The molecule has 1 fully saturated rings. The molecular formula is C19H26N2O6. The minimum atomic E-state index is -1.33. The third-order valence-electron chi connectivity index (χ3n) is 3.79. The maximum absolute atomic E-state index is 12.3. The molecule has 0 aromatic heterocycles. The van der Waals surface area contributed by atoms with Gasteiger partial charge in [0, 0.05) is 0 Å². The average molecular weight is 378 g/mol. The summed E-state index contributed by atoms with van der Waals surface area (Å²) in [5, 5.41) is 2.54. The van der Waals surface area contributed by atoms with Crippen molar-refractivity contribution in [3.8, 4) is 0 Å². The van der Waals surface area contributed by atoms with E-state index in [1.54, 1.807) is 27.7 Å². The molecule has 2 rings (SSSR count). The highest BCUT2D eigenvalue weighted by molar-refractivity contribution is 5.89. The number of amides is 2. The van der Waals surface area contributed by atoms with Crippen LogP contribution >= 0.6 is 0 Å². The summed E-state index contributed by atoms with van der Waals surface area (Å²) in [6.45, 7) is 7.03. The lowest BCUT2D eigenvalue weighted by molar-refractivity contribution is -0.158. The van der Waals surface area contributed by atoms with Crippen LogP contribution in [0.5, 0.6) is 0 Å². The summed E-state index contributed by atoms with van der Waals surface area (Å²) >= 11 is 0. The fourth-order valence-corrected chi connectivity index (χ4v) is 2.57. The Morgan fingerprint density at radius 2 is 1.74 bits per heavy atom. The predicted octanol–water partition coefficient (Wildman–Crippen LogP) is 2.47. The zero-order valence-electron chi connectivity index (χ0n) is 16.1. The van der Waals surface area contributed by atoms with Gasteiger partial charge in [-0.1, -0.05) is 30.3 Å². The van der Waals surface area contributed by atoms with Crippen molar-refractivity contribution in [1.29, 1.82) is 0 Å². The van der Waals surface area contributed by atoms with E-state index in [0.717, 1.165) is 5.56 Å². The summed E-state index contributed by atoms with van der Waals surface area (Å²) < 4.78 is 15.5. The monoisotopic (exact) mass is 378 g/mol. The molecule has 0 saturated carbocycles. The number of ether oxygens (including phenoxy) is 3. The van der Waals surface area contributed by atoms with Gasteiger partial charge in [0.05, 0.1) is 19.7 Å². The van der Waals surface area contributed by atoms with E-state index in [4.69, 9.17) is 14.2 Å². The molecule has 0 spiro atoms. The van der Waals surface area contributed by atoms with Crippen molar-refractivity contribution in [2.45, 2.75) is 45.4 Å². The zero-order chi connectivity index (χ0) is 20.1. The third-order valence-corrected chi connectivity index (χ3v) is 3.79. The first-order valence-electron chi connectivity index (χ1n) is 8.79. The average Bonchev–Trinajstić information content (AvgIpc) is 2.55. The number of benzene rings is 1. The molecule has 1 aliphatic heterocycles. The number of carbonyl (C=O) groups is 3. The second kappa shape index (κ2) is 8.28. The molecule has 8 nitrogen and oxygen atoms in total. The highest BCUT2D eigenvalue weighted by Gasteiger charge is 2.54. The summed E-state index contributed by atoms with van der Waals surface area (Å²) in [6.07, 6.45) is -1.31. The molecule has 1 aromatic rings. The van der Waals surface area contributed by atoms with Crippen LogP contribution in [0, 0.1) is 0 Å². The fourth-order valence-electron chi connectivity index (χ4n) is 2.57. The van der Waals surface area contributed by atoms with Crippen LogP contribution < -0.4 is 5.32 Å². The molecule has 1 heterocycles. The van der Waals surface area contributed by atoms with Crippen molar-refractivity contribution in [1.82, 2.24) is 10.2 Å². The Kier molecular flexibility index (Phi) is 6.30. The zero-order valence-corrected chi connectivity index (χ0v) is 16.1. The summed E-state index contributed by atoms with van der Waals surface area (Å²) in [5.41, 5.74) is -1.18. The molecule has 0 atom stereocenters. The number of hydrogen-bond acceptors (Lipinski definition) is 6. The summed E-state index contributed by atoms with van der Waals surface area (Å²) in [5.74, 6) is -0.608. The van der Waals surface area contributed by atoms with Crippen LogP contribution in [-0.4, -0.2) is 53.9 Å². The van der Waals surface area contributed by atoms with Gasteiger partial charge < -0.3 is 24.4 Å². The second-order valence-corrected chi connectivity index (χ2v) is 7.33. The second-order valence-electron chi connectivity index (χ2n) is 7.33. The summed E-state index contributed by atoms with van der Waals surface area (Å²) in [6, 6.07) is 9.26. The molecule has 8 heteroatoms. The van der Waals surface area contributed by atoms with E-state index in [-0.39, 0.29) is 26.3 Å². The van der Waals surface area contributed by atoms with Gasteiger partial charge in [-0.25, -0.2) is 14.4 Å². The van der Waals surface area contributed by atoms with Crippen LogP contribution in [-0.2, 0) is 25.6 Å². The maximum atomic E-state index is 12.3. The first kappa shape index (κ1) is 20.5. The van der Waals surface area contributed by atoms with Gasteiger partial charge in [0.1, 0.15) is 12.2 Å². The van der Waals surface area contributed by atoms with E-state index in [9.17, 15) is 14.4 Å². The number of esters is 1. The number of nitrogens with one attached hydrogen (secondary N) is 1. The van der Waals surface area contributed by atoms with Gasteiger partial charge in [-0.2, -0.15) is 0 Å². The van der Waals surface area contributed by atoms with Crippen molar-refractivity contribution in [2.24, 2.45) is 0 Å². The molecule has 27 heavy (non-hydrogen) atoms. The first-order chi connectivity index (χ1) is 12.6. The molecule has 1 saturated heterocycles. The Morgan fingerprint density at radius 3 is 2.30 bits per heavy atom. The van der Waals surface area contributed by atoms with Crippen LogP contribution in [0.4, 0.5) is 9.59 Å². The lowest BCUT2D eigenvalue weighted by Crippen LogP contribution is -2.75. The highest BCUT2D eigenvalue weighted by Crippen LogP contribution is 2.25. The molecule has 1 aliphatic rings. The smallest absolute Gasteiger partial charge is 0.410 e. The van der Waals surface area contributed by atoms with Gasteiger partial charge in [-0.3, -0.25) is 0 Å². The Hall–Kier alpha value is -2.77. The summed E-state index contributed by atoms with van der Waals surface area (Å²) in [4.78, 5) is 37.9. The fraction of sp³-hybridized carbons (Fsp3) is 0.526. The van der Waals surface area contributed by atoms with Gasteiger partial charge in [0.15, 0.2) is 5.54 Å². The van der Waals surface area contributed by atoms with Gasteiger partial charge in [0.25, 0.3) is 0 Å². The molecule has 148 valence electrons. The predicted molar refractivity (Wildman–Crippen MR) is 96.9 cm³/mol. The van der Waals surface area contributed by atoms with Crippen LogP contribution in [0.1, 0.15) is 33.3 Å². The molecule has 1 aromatic carbocycles. The third kappa shape index (κ3) is 5.60. The van der Waals surface area contributed by atoms with Gasteiger partial charge in [0.2, 0.25) is 0 Å². The molecule has 0 aliphatic carbocycles. The van der Waals surface area contributed by atoms with E-state index in [1.165, 1.54) is 4.90 Å². The van der Waals surface area contributed by atoms with Crippen LogP contribution in [0.25, 0.3) is 0 Å². The van der Waals surface area contributed by atoms with E-state index >= 15 is 0 Å². The van der Waals surface area contributed by atoms with Crippen LogP contribution in [0.15, 0.2) is 30.3 Å². The minimum absolute atomic E-state index is 0.0430. The highest BCUT2D eigenvalue weighted by atomic mass is 16.6. The van der Waals surface area contributed by atoms with Crippen LogP contribution in [0.2, 0.25) is 0 Å². The normalized spacial score (nSPS) is 15.3. The first-order valence-corrected chi connectivity index (χ1v) is 8.79. The number of carbonyl (C=O) groups excluding carboxylic acids is 3. The van der Waals surface area contributed by atoms with Gasteiger partial charge in [-0.15, -0.1) is 0 Å². The van der Waals surface area contributed by atoms with E-state index in [0.29, 0.717) is 0 Å². The lowest BCUT2D eigenvalue weighted by atomic mass is 9.90. The molecule has 1 N–H and O–H groups in total. The number of rotatable bonds is 5. The Bertz CT molecular complexity index is 677. The SMILES string of the molecule is CCOC(=O)C1(NC(=O)OC(C)(C)C)CN(C(=O)OCc2ccccc2)C1. The molecule has 0 bridgehead atoms. The van der Waals surface area contributed by atoms with E-state index < -0.39 is 29.3 Å². The van der Waals surface area contributed by atoms with Crippen molar-refractivity contribution >= 4 is 18.2 Å². The topological polar surface area (TPSA) is 94.2 Å². The van der Waals surface area contributed by atoms with E-state index in [2.05, 4.69) is 5.32 Å². The van der Waals surface area contributed by atoms with Crippen molar-refractivity contribution in [3.63, 3.8) is 0 Å². The maximum Gasteiger partial charge on any atom is 0.410 e. The number of nitrogens with zero attached hydrogens (tertiary/aromatic N) is 1. The Labute approximate surface area is 158 Å². The largest absolute Gasteiger partial charge is 0.464 e. The van der Waals surface area contributed by atoms with Gasteiger partial charge in [-0.05, 0) is 33.3 Å². The van der Waals surface area contributed by atoms with Crippen molar-refractivity contribution in [2.75, 3.05) is 19.7 Å². The quantitative estimate of drug-likeness (QED) is 0.625. The van der Waals surface area contributed by atoms with Crippen molar-refractivity contribution < 1.29 is 28.6 Å². The van der Waals surface area contributed by atoms with E-state index in [1.807, 2.05) is 30.3 Å². The number of hydrogen-bond donors (Lipinski definition) is 1. The molecule has 0 unspecified atom stereocenters. The Balaban J connectivity index is 1.95. The minimum Gasteiger partial charge on any atom is -0.464 e. The van der Waals surface area contributed by atoms with Gasteiger partial charge >= 0.3 is 18.2 Å². The molecular weight excluding hydrogens is 352 g/mol. The lowest BCUT2D eigenvalue weighted by Gasteiger charge is -2.47. The summed E-state index contributed by atoms with van der Waals surface area (Å²) in [7, 11) is 0.